The summed E-state index contributed by atoms with van der Waals surface area (Å²) in [5.41, 5.74) is 11.2. The van der Waals surface area contributed by atoms with Gasteiger partial charge in [-0.3, -0.25) is 0 Å². The van der Waals surface area contributed by atoms with Crippen LogP contribution in [0.25, 0.3) is 0 Å². The molecule has 6 N–H and O–H groups in total. The van der Waals surface area contributed by atoms with Gasteiger partial charge in [0.2, 0.25) is 0 Å². The maximum Gasteiger partial charge on any atom is 0.138 e. The molecule has 0 aliphatic rings. The van der Waals surface area contributed by atoms with Crippen LogP contribution in [-0.2, 0) is 0 Å². The van der Waals surface area contributed by atoms with Gasteiger partial charge in [-0.15, -0.1) is 0 Å². The number of nitriles is 1. The van der Waals surface area contributed by atoms with Crippen LogP contribution in [0.15, 0.2) is 12.1 Å². The van der Waals surface area contributed by atoms with E-state index in [1.165, 1.54) is 12.1 Å². The SMILES string of the molecule is N#Cc1cc(O)cc([C@H](N)CN)c1O. The lowest BCUT2D eigenvalue weighted by Crippen LogP contribution is -2.20. The molecule has 0 saturated heterocycles. The summed E-state index contributed by atoms with van der Waals surface area (Å²) in [6.45, 7) is 0.127. The van der Waals surface area contributed by atoms with Gasteiger partial charge >= 0.3 is 0 Å². The van der Waals surface area contributed by atoms with Gasteiger partial charge in [0.1, 0.15) is 17.6 Å². The molecule has 1 atom stereocenters. The molecular weight excluding hydrogens is 182 g/mol. The second-order valence-electron chi connectivity index (χ2n) is 2.89. The van der Waals surface area contributed by atoms with E-state index < -0.39 is 6.04 Å². The summed E-state index contributed by atoms with van der Waals surface area (Å²) < 4.78 is 0. The first-order chi connectivity index (χ1) is 6.60. The number of hydrogen-bond donors (Lipinski definition) is 4. The number of phenolic OH excluding ortho intramolecular Hbond substituents is 2. The van der Waals surface area contributed by atoms with Gasteiger partial charge < -0.3 is 21.7 Å². The molecule has 14 heavy (non-hydrogen) atoms. The van der Waals surface area contributed by atoms with E-state index in [4.69, 9.17) is 16.7 Å². The topological polar surface area (TPSA) is 116 Å². The van der Waals surface area contributed by atoms with E-state index in [1.54, 1.807) is 6.07 Å². The predicted octanol–water partition coefficient (Wildman–Crippen LogP) is -0.0720. The molecule has 0 unspecified atom stereocenters. The molecule has 0 aromatic heterocycles. The number of hydrogen-bond acceptors (Lipinski definition) is 5. The molecule has 0 aliphatic carbocycles. The molecule has 0 radical (unpaired) electrons. The van der Waals surface area contributed by atoms with Crippen molar-refractivity contribution in [2.75, 3.05) is 6.54 Å². The van der Waals surface area contributed by atoms with Gasteiger partial charge in [-0.2, -0.15) is 5.26 Å². The van der Waals surface area contributed by atoms with E-state index in [-0.39, 0.29) is 29.2 Å². The van der Waals surface area contributed by atoms with E-state index in [0.717, 1.165) is 0 Å². The Bertz CT molecular complexity index is 384. The Balaban J connectivity index is 3.30. The van der Waals surface area contributed by atoms with Gasteiger partial charge in [-0.25, -0.2) is 0 Å². The summed E-state index contributed by atoms with van der Waals surface area (Å²) in [5.74, 6) is -0.332. The molecule has 0 spiro atoms. The molecule has 5 nitrogen and oxygen atoms in total. The Kier molecular flexibility index (Phi) is 2.92. The van der Waals surface area contributed by atoms with Crippen molar-refractivity contribution in [1.82, 2.24) is 0 Å². The summed E-state index contributed by atoms with van der Waals surface area (Å²) >= 11 is 0. The fourth-order valence-corrected chi connectivity index (χ4v) is 1.14. The van der Waals surface area contributed by atoms with Crippen LogP contribution in [0.3, 0.4) is 0 Å². The van der Waals surface area contributed by atoms with Gasteiger partial charge in [-0.05, 0) is 6.07 Å². The molecule has 0 saturated carbocycles. The smallest absolute Gasteiger partial charge is 0.138 e. The molecule has 1 aromatic rings. The van der Waals surface area contributed by atoms with Crippen molar-refractivity contribution in [2.24, 2.45) is 11.5 Å². The zero-order chi connectivity index (χ0) is 10.7. The van der Waals surface area contributed by atoms with Crippen molar-refractivity contribution in [3.05, 3.63) is 23.3 Å². The Hall–Kier alpha value is -1.77. The zero-order valence-electron chi connectivity index (χ0n) is 7.44. The highest BCUT2D eigenvalue weighted by atomic mass is 16.3. The van der Waals surface area contributed by atoms with Crippen LogP contribution in [0.1, 0.15) is 17.2 Å². The quantitative estimate of drug-likeness (QED) is 0.490. The van der Waals surface area contributed by atoms with Gasteiger partial charge in [-0.1, -0.05) is 0 Å². The van der Waals surface area contributed by atoms with E-state index in [1.807, 2.05) is 0 Å². The van der Waals surface area contributed by atoms with Crippen molar-refractivity contribution in [1.29, 1.82) is 5.26 Å². The second kappa shape index (κ2) is 3.96. The third-order valence-electron chi connectivity index (χ3n) is 1.90. The van der Waals surface area contributed by atoms with E-state index >= 15 is 0 Å². The molecule has 0 heterocycles. The van der Waals surface area contributed by atoms with Crippen LogP contribution in [-0.4, -0.2) is 16.8 Å². The number of nitrogens with zero attached hydrogens (tertiary/aromatic N) is 1. The molecule has 0 fully saturated rings. The lowest BCUT2D eigenvalue weighted by Gasteiger charge is -2.12. The molecule has 1 aromatic carbocycles. The first kappa shape index (κ1) is 10.3. The molecule has 0 amide bonds. The first-order valence-corrected chi connectivity index (χ1v) is 4.01. The number of aromatic hydroxyl groups is 2. The van der Waals surface area contributed by atoms with Crippen LogP contribution in [0.4, 0.5) is 0 Å². The maximum atomic E-state index is 9.55. The molecule has 1 rings (SSSR count). The monoisotopic (exact) mass is 193 g/mol. The minimum Gasteiger partial charge on any atom is -0.508 e. The highest BCUT2D eigenvalue weighted by molar-refractivity contribution is 5.52. The summed E-state index contributed by atoms with van der Waals surface area (Å²) in [4.78, 5) is 0. The minimum absolute atomic E-state index is 0.0103. The van der Waals surface area contributed by atoms with Gasteiger partial charge in [0.05, 0.1) is 5.56 Å². The van der Waals surface area contributed by atoms with E-state index in [2.05, 4.69) is 0 Å². The Morgan fingerprint density at radius 2 is 2.07 bits per heavy atom. The van der Waals surface area contributed by atoms with Crippen molar-refractivity contribution < 1.29 is 10.2 Å². The number of benzene rings is 1. The van der Waals surface area contributed by atoms with E-state index in [0.29, 0.717) is 0 Å². The zero-order valence-corrected chi connectivity index (χ0v) is 7.44. The summed E-state index contributed by atoms with van der Waals surface area (Å²) in [5, 5.41) is 27.4. The summed E-state index contributed by atoms with van der Waals surface area (Å²) in [6.07, 6.45) is 0. The van der Waals surface area contributed by atoms with Crippen LogP contribution < -0.4 is 11.5 Å². The van der Waals surface area contributed by atoms with Crippen molar-refractivity contribution in [2.45, 2.75) is 6.04 Å². The van der Waals surface area contributed by atoms with Crippen molar-refractivity contribution in [3.8, 4) is 17.6 Å². The standard InChI is InChI=1S/C9H11N3O2/c10-3-5-1-6(13)2-7(9(5)14)8(12)4-11/h1-2,8,13-14H,4,11-12H2/t8-/m1/s1. The molecule has 5 heteroatoms. The maximum absolute atomic E-state index is 9.55. The first-order valence-electron chi connectivity index (χ1n) is 4.01. The molecular formula is C9H11N3O2. The van der Waals surface area contributed by atoms with Crippen molar-refractivity contribution >= 4 is 0 Å². The van der Waals surface area contributed by atoms with Gasteiger partial charge in [0, 0.05) is 24.2 Å². The molecule has 0 bridgehead atoms. The largest absolute Gasteiger partial charge is 0.508 e. The van der Waals surface area contributed by atoms with Crippen LogP contribution in [0.5, 0.6) is 11.5 Å². The number of phenols is 2. The number of rotatable bonds is 2. The minimum atomic E-state index is -0.589. The predicted molar refractivity (Wildman–Crippen MR) is 50.5 cm³/mol. The second-order valence-corrected chi connectivity index (χ2v) is 2.89. The average Bonchev–Trinajstić information content (AvgIpc) is 2.19. The average molecular weight is 193 g/mol. The molecule has 0 aliphatic heterocycles. The Morgan fingerprint density at radius 3 is 2.57 bits per heavy atom. The van der Waals surface area contributed by atoms with Gasteiger partial charge in [0.15, 0.2) is 0 Å². The summed E-state index contributed by atoms with van der Waals surface area (Å²) in [7, 11) is 0. The fraction of sp³-hybridized carbons (Fsp3) is 0.222. The lowest BCUT2D eigenvalue weighted by atomic mass is 10.0. The summed E-state index contributed by atoms with van der Waals surface area (Å²) in [6, 6.07) is 3.63. The van der Waals surface area contributed by atoms with Crippen LogP contribution in [0.2, 0.25) is 0 Å². The Labute approximate surface area is 81.2 Å². The third kappa shape index (κ3) is 1.76. The van der Waals surface area contributed by atoms with Crippen LogP contribution in [0, 0.1) is 11.3 Å². The highest BCUT2D eigenvalue weighted by Gasteiger charge is 2.14. The van der Waals surface area contributed by atoms with Crippen LogP contribution >= 0.6 is 0 Å². The number of nitrogens with two attached hydrogens (primary N) is 2. The fourth-order valence-electron chi connectivity index (χ4n) is 1.14. The van der Waals surface area contributed by atoms with Gasteiger partial charge in [0.25, 0.3) is 0 Å². The highest BCUT2D eigenvalue weighted by Crippen LogP contribution is 2.30. The normalized spacial score (nSPS) is 12.1. The Morgan fingerprint density at radius 1 is 1.43 bits per heavy atom. The molecule has 74 valence electrons. The van der Waals surface area contributed by atoms with E-state index in [9.17, 15) is 10.2 Å². The lowest BCUT2D eigenvalue weighted by molar-refractivity contribution is 0.447. The van der Waals surface area contributed by atoms with Crippen molar-refractivity contribution in [3.63, 3.8) is 0 Å². The third-order valence-corrected chi connectivity index (χ3v) is 1.90.